The maximum absolute atomic E-state index is 6.21. The molecule has 1 N–H and O–H groups in total. The monoisotopic (exact) mass is 309 g/mol. The van der Waals surface area contributed by atoms with Crippen molar-refractivity contribution in [1.29, 1.82) is 0 Å². The third-order valence-electron chi connectivity index (χ3n) is 4.26. The molecular formula is C14H16BrNO2. The molecule has 4 heteroatoms. The molecule has 0 amide bonds. The Morgan fingerprint density at radius 2 is 2.00 bits per heavy atom. The molecule has 0 saturated carbocycles. The zero-order valence-electron chi connectivity index (χ0n) is 10.1. The minimum atomic E-state index is -0.377. The lowest BCUT2D eigenvalue weighted by molar-refractivity contribution is -0.225. The molecule has 1 aromatic carbocycles. The fraction of sp³-hybridized carbons (Fsp3) is 0.571. The van der Waals surface area contributed by atoms with Crippen molar-refractivity contribution < 1.29 is 9.47 Å². The second-order valence-electron chi connectivity index (χ2n) is 5.60. The summed E-state index contributed by atoms with van der Waals surface area (Å²) in [5, 5.41) is 3.63. The van der Waals surface area contributed by atoms with Crippen LogP contribution in [0.1, 0.15) is 31.2 Å². The van der Waals surface area contributed by atoms with Crippen LogP contribution in [-0.4, -0.2) is 17.9 Å². The molecule has 0 aliphatic carbocycles. The van der Waals surface area contributed by atoms with Gasteiger partial charge in [0.25, 0.3) is 0 Å². The number of nitrogens with one attached hydrogen (secondary N) is 1. The van der Waals surface area contributed by atoms with E-state index in [2.05, 4.69) is 27.3 Å². The van der Waals surface area contributed by atoms with Gasteiger partial charge in [-0.1, -0.05) is 15.9 Å². The molecule has 4 rings (SSSR count). The predicted octanol–water partition coefficient (Wildman–Crippen LogP) is 2.97. The van der Waals surface area contributed by atoms with Crippen LogP contribution >= 0.6 is 15.9 Å². The van der Waals surface area contributed by atoms with Gasteiger partial charge < -0.3 is 14.8 Å². The molecule has 2 unspecified atom stereocenters. The topological polar surface area (TPSA) is 30.5 Å². The van der Waals surface area contributed by atoms with E-state index >= 15 is 0 Å². The highest BCUT2D eigenvalue weighted by atomic mass is 79.9. The standard InChI is InChI=1S/C14H16BrNO2/c15-10-1-4-13-9(5-10)8-17-14(18-13)6-11-2-3-12(7-14)16-11/h1,4-5,11-12,16H,2-3,6-8H2. The Bertz CT molecular complexity index is 479. The molecule has 3 aliphatic heterocycles. The maximum atomic E-state index is 6.21. The fourth-order valence-electron chi connectivity index (χ4n) is 3.46. The molecule has 2 atom stereocenters. The molecule has 2 fully saturated rings. The predicted molar refractivity (Wildman–Crippen MR) is 71.5 cm³/mol. The number of hydrogen-bond acceptors (Lipinski definition) is 3. The molecule has 0 aromatic heterocycles. The number of benzene rings is 1. The Labute approximate surface area is 115 Å². The second-order valence-corrected chi connectivity index (χ2v) is 6.52. The zero-order chi connectivity index (χ0) is 12.2. The lowest BCUT2D eigenvalue weighted by Gasteiger charge is -2.43. The van der Waals surface area contributed by atoms with Crippen LogP contribution in [-0.2, 0) is 11.3 Å². The quantitative estimate of drug-likeness (QED) is 0.799. The van der Waals surface area contributed by atoms with Crippen molar-refractivity contribution in [1.82, 2.24) is 5.32 Å². The molecule has 1 aromatic rings. The first-order valence-corrected chi connectivity index (χ1v) is 7.39. The van der Waals surface area contributed by atoms with Gasteiger partial charge in [-0.15, -0.1) is 0 Å². The summed E-state index contributed by atoms with van der Waals surface area (Å²) in [6, 6.07) is 7.31. The van der Waals surface area contributed by atoms with Crippen molar-refractivity contribution in [2.75, 3.05) is 0 Å². The minimum Gasteiger partial charge on any atom is -0.462 e. The van der Waals surface area contributed by atoms with Crippen LogP contribution in [0.3, 0.4) is 0 Å². The van der Waals surface area contributed by atoms with E-state index in [-0.39, 0.29) is 5.79 Å². The van der Waals surface area contributed by atoms with Gasteiger partial charge >= 0.3 is 0 Å². The van der Waals surface area contributed by atoms with E-state index in [0.29, 0.717) is 18.7 Å². The van der Waals surface area contributed by atoms with E-state index in [0.717, 1.165) is 28.6 Å². The highest BCUT2D eigenvalue weighted by molar-refractivity contribution is 9.10. The molecule has 1 spiro atoms. The van der Waals surface area contributed by atoms with Crippen molar-refractivity contribution in [2.45, 2.75) is 50.2 Å². The molecule has 96 valence electrons. The van der Waals surface area contributed by atoms with Crippen LogP contribution in [0.4, 0.5) is 0 Å². The van der Waals surface area contributed by atoms with Crippen molar-refractivity contribution in [3.63, 3.8) is 0 Å². The summed E-state index contributed by atoms with van der Waals surface area (Å²) in [5.41, 5.74) is 1.14. The van der Waals surface area contributed by atoms with E-state index in [1.54, 1.807) is 0 Å². The highest BCUT2D eigenvalue weighted by Gasteiger charge is 2.48. The maximum Gasteiger partial charge on any atom is 0.213 e. The van der Waals surface area contributed by atoms with Gasteiger partial charge in [0.1, 0.15) is 5.75 Å². The lowest BCUT2D eigenvalue weighted by atomic mass is 9.97. The Kier molecular flexibility index (Phi) is 2.47. The Hall–Kier alpha value is -0.580. The molecule has 2 saturated heterocycles. The van der Waals surface area contributed by atoms with Crippen LogP contribution in [0.15, 0.2) is 22.7 Å². The van der Waals surface area contributed by atoms with E-state index in [1.807, 2.05) is 12.1 Å². The summed E-state index contributed by atoms with van der Waals surface area (Å²) in [6.07, 6.45) is 4.46. The molecule has 2 bridgehead atoms. The van der Waals surface area contributed by atoms with Crippen LogP contribution in [0.2, 0.25) is 0 Å². The average molecular weight is 310 g/mol. The van der Waals surface area contributed by atoms with Gasteiger partial charge in [0, 0.05) is 35.0 Å². The van der Waals surface area contributed by atoms with Crippen LogP contribution < -0.4 is 10.1 Å². The van der Waals surface area contributed by atoms with Crippen molar-refractivity contribution in [3.05, 3.63) is 28.2 Å². The van der Waals surface area contributed by atoms with Crippen LogP contribution in [0.5, 0.6) is 5.75 Å². The number of piperidine rings is 1. The summed E-state index contributed by atoms with van der Waals surface area (Å²) in [4.78, 5) is 0. The first-order valence-electron chi connectivity index (χ1n) is 6.60. The molecule has 3 nitrogen and oxygen atoms in total. The third kappa shape index (κ3) is 1.78. The van der Waals surface area contributed by atoms with Gasteiger partial charge in [-0.25, -0.2) is 0 Å². The largest absolute Gasteiger partial charge is 0.462 e. The zero-order valence-corrected chi connectivity index (χ0v) is 11.7. The molecule has 3 heterocycles. The molecule has 3 aliphatic rings. The first kappa shape index (κ1) is 11.3. The van der Waals surface area contributed by atoms with Gasteiger partial charge in [-0.2, -0.15) is 0 Å². The Morgan fingerprint density at radius 3 is 2.78 bits per heavy atom. The van der Waals surface area contributed by atoms with E-state index in [4.69, 9.17) is 9.47 Å². The SMILES string of the molecule is Brc1ccc2c(c1)COC1(CC3CCC(C1)N3)O2. The van der Waals surface area contributed by atoms with Gasteiger partial charge in [-0.3, -0.25) is 0 Å². The van der Waals surface area contributed by atoms with Gasteiger partial charge in [0.05, 0.1) is 6.61 Å². The first-order chi connectivity index (χ1) is 8.72. The van der Waals surface area contributed by atoms with Crippen molar-refractivity contribution in [3.8, 4) is 5.75 Å². The molecule has 0 radical (unpaired) electrons. The van der Waals surface area contributed by atoms with Gasteiger partial charge in [-0.05, 0) is 31.0 Å². The highest BCUT2D eigenvalue weighted by Crippen LogP contribution is 2.42. The van der Waals surface area contributed by atoms with Crippen LogP contribution in [0, 0.1) is 0 Å². The fourth-order valence-corrected chi connectivity index (χ4v) is 3.87. The van der Waals surface area contributed by atoms with Crippen molar-refractivity contribution in [2.24, 2.45) is 0 Å². The summed E-state index contributed by atoms with van der Waals surface area (Å²) >= 11 is 3.49. The smallest absolute Gasteiger partial charge is 0.213 e. The van der Waals surface area contributed by atoms with Gasteiger partial charge in [0.2, 0.25) is 5.79 Å². The molecular weight excluding hydrogens is 294 g/mol. The summed E-state index contributed by atoms with van der Waals surface area (Å²) in [5.74, 6) is 0.614. The van der Waals surface area contributed by atoms with E-state index in [9.17, 15) is 0 Å². The van der Waals surface area contributed by atoms with Gasteiger partial charge in [0.15, 0.2) is 0 Å². The number of rotatable bonds is 0. The van der Waals surface area contributed by atoms with E-state index in [1.165, 1.54) is 12.8 Å². The Morgan fingerprint density at radius 1 is 1.22 bits per heavy atom. The normalized spacial score (nSPS) is 37.4. The number of fused-ring (bicyclic) bond motifs is 3. The van der Waals surface area contributed by atoms with E-state index < -0.39 is 0 Å². The third-order valence-corrected chi connectivity index (χ3v) is 4.75. The van der Waals surface area contributed by atoms with Crippen LogP contribution in [0.25, 0.3) is 0 Å². The second kappa shape index (κ2) is 3.95. The Balaban J connectivity index is 1.64. The number of halogens is 1. The summed E-state index contributed by atoms with van der Waals surface area (Å²) < 4.78 is 13.4. The lowest BCUT2D eigenvalue weighted by Crippen LogP contribution is -2.54. The summed E-state index contributed by atoms with van der Waals surface area (Å²) in [6.45, 7) is 0.661. The molecule has 18 heavy (non-hydrogen) atoms. The minimum absolute atomic E-state index is 0.377. The average Bonchev–Trinajstić information content (AvgIpc) is 2.70. The van der Waals surface area contributed by atoms with Crippen molar-refractivity contribution >= 4 is 15.9 Å². The number of hydrogen-bond donors (Lipinski definition) is 1. The summed E-state index contributed by atoms with van der Waals surface area (Å²) in [7, 11) is 0. The number of ether oxygens (including phenoxy) is 2.